The number of hydrogen-bond acceptors (Lipinski definition) is 5. The van der Waals surface area contributed by atoms with Crippen LogP contribution in [-0.4, -0.2) is 42.7 Å². The summed E-state index contributed by atoms with van der Waals surface area (Å²) in [5.74, 6) is 0.720. The van der Waals surface area contributed by atoms with Crippen LogP contribution in [0.3, 0.4) is 0 Å². The Hall–Kier alpha value is -1.92. The molecule has 1 aliphatic heterocycles. The molecule has 1 saturated heterocycles. The van der Waals surface area contributed by atoms with Crippen LogP contribution in [0, 0.1) is 12.8 Å². The largest absolute Gasteiger partial charge is 0.481 e. The lowest BCUT2D eigenvalue weighted by atomic mass is 9.94. The minimum absolute atomic E-state index is 0.0315. The summed E-state index contributed by atoms with van der Waals surface area (Å²) in [5, 5.41) is 0. The number of methoxy groups -OCH3 is 1. The Morgan fingerprint density at radius 2 is 2.03 bits per heavy atom. The molecule has 1 fully saturated rings. The van der Waals surface area contributed by atoms with Crippen molar-refractivity contribution < 1.29 is 14.3 Å². The number of aryl methyl sites for hydroxylation is 1. The van der Waals surface area contributed by atoms with Gasteiger partial charge in [0, 0.05) is 21.6 Å². The number of hydrogen-bond donors (Lipinski definition) is 0. The van der Waals surface area contributed by atoms with E-state index >= 15 is 0 Å². The van der Waals surface area contributed by atoms with E-state index in [-0.39, 0.29) is 11.9 Å². The third-order valence-electron chi connectivity index (χ3n) is 6.46. The molecule has 6 heteroatoms. The maximum Gasteiger partial charge on any atom is 0.309 e. The quantitative estimate of drug-likeness (QED) is 0.567. The Labute approximate surface area is 186 Å². The molecule has 0 unspecified atom stereocenters. The summed E-state index contributed by atoms with van der Waals surface area (Å²) in [5.41, 5.74) is 5.83. The molecule has 1 aromatic carbocycles. The zero-order chi connectivity index (χ0) is 21.3. The molecule has 2 aliphatic rings. The van der Waals surface area contributed by atoms with Gasteiger partial charge < -0.3 is 9.47 Å². The molecule has 5 nitrogen and oxygen atoms in total. The molecule has 1 aliphatic carbocycles. The van der Waals surface area contributed by atoms with Gasteiger partial charge in [-0.1, -0.05) is 28.1 Å². The number of carbonyl (C=O) groups is 1. The van der Waals surface area contributed by atoms with Crippen molar-refractivity contribution in [3.8, 4) is 17.1 Å². The van der Waals surface area contributed by atoms with Gasteiger partial charge in [-0.25, -0.2) is 4.98 Å². The van der Waals surface area contributed by atoms with E-state index in [1.165, 1.54) is 16.7 Å². The number of piperidine rings is 1. The van der Waals surface area contributed by atoms with E-state index in [2.05, 4.69) is 46.0 Å². The average Bonchev–Trinajstić information content (AvgIpc) is 3.19. The average molecular weight is 473 g/mol. The molecule has 1 atom stereocenters. The molecule has 0 saturated carbocycles. The lowest BCUT2D eigenvalue weighted by molar-refractivity contribution is -0.149. The molecule has 4 rings (SSSR count). The van der Waals surface area contributed by atoms with Gasteiger partial charge in [0.25, 0.3) is 0 Å². The van der Waals surface area contributed by atoms with Crippen LogP contribution in [0.15, 0.2) is 28.7 Å². The number of halogens is 1. The van der Waals surface area contributed by atoms with E-state index in [1.807, 2.05) is 13.0 Å². The number of carbonyl (C=O) groups excluding carboxylic acids is 1. The highest BCUT2D eigenvalue weighted by Gasteiger charge is 2.36. The van der Waals surface area contributed by atoms with E-state index in [1.54, 1.807) is 7.11 Å². The molecule has 0 spiro atoms. The Morgan fingerprint density at radius 1 is 1.27 bits per heavy atom. The molecular formula is C24H29BrN2O3. The Kier molecular flexibility index (Phi) is 6.44. The first kappa shape index (κ1) is 21.3. The number of nitrogens with zero attached hydrogens (tertiary/aromatic N) is 2. The predicted octanol–water partition coefficient (Wildman–Crippen LogP) is 5.09. The van der Waals surface area contributed by atoms with E-state index in [4.69, 9.17) is 14.5 Å². The molecule has 2 aromatic rings. The smallest absolute Gasteiger partial charge is 0.309 e. The van der Waals surface area contributed by atoms with Gasteiger partial charge in [-0.2, -0.15) is 0 Å². The second-order valence-corrected chi connectivity index (χ2v) is 8.97. The Bertz CT molecular complexity index is 938. The maximum absolute atomic E-state index is 12.1. The van der Waals surface area contributed by atoms with Crippen LogP contribution in [0.25, 0.3) is 11.3 Å². The fraction of sp³-hybridized carbons (Fsp3) is 0.500. The third-order valence-corrected chi connectivity index (χ3v) is 7.32. The standard InChI is InChI=1S/C24H29BrN2O3/c1-4-30-24(28)16-10-12-27(13-11-16)21-9-8-17-14-20(26-23(29-3)22(17)21)18-6-5-7-19(25)15(18)2/h5-7,14,16,21H,4,8-13H2,1-3H3/t21-/m1/s1. The predicted molar refractivity (Wildman–Crippen MR) is 121 cm³/mol. The van der Waals surface area contributed by atoms with Crippen LogP contribution in [0.4, 0.5) is 0 Å². The number of benzene rings is 1. The molecule has 1 aromatic heterocycles. The van der Waals surface area contributed by atoms with Crippen LogP contribution >= 0.6 is 15.9 Å². The van der Waals surface area contributed by atoms with Gasteiger partial charge in [-0.05, 0) is 75.9 Å². The van der Waals surface area contributed by atoms with Crippen molar-refractivity contribution in [2.75, 3.05) is 26.8 Å². The fourth-order valence-electron chi connectivity index (χ4n) is 4.83. The Balaban J connectivity index is 1.58. The van der Waals surface area contributed by atoms with Crippen molar-refractivity contribution in [3.63, 3.8) is 0 Å². The number of rotatable bonds is 5. The number of ether oxygens (including phenoxy) is 2. The van der Waals surface area contributed by atoms with E-state index in [0.717, 1.165) is 60.4 Å². The van der Waals surface area contributed by atoms with Gasteiger partial charge in [-0.15, -0.1) is 0 Å². The Morgan fingerprint density at radius 3 is 2.73 bits per heavy atom. The van der Waals surface area contributed by atoms with E-state index in [9.17, 15) is 4.79 Å². The van der Waals surface area contributed by atoms with E-state index < -0.39 is 0 Å². The fourth-order valence-corrected chi connectivity index (χ4v) is 5.20. The maximum atomic E-state index is 12.1. The van der Waals surface area contributed by atoms with Crippen molar-refractivity contribution in [3.05, 3.63) is 45.4 Å². The SMILES string of the molecule is CCOC(=O)C1CCN([C@@H]2CCc3cc(-c4cccc(Br)c4C)nc(OC)c32)CC1. The monoisotopic (exact) mass is 472 g/mol. The normalized spacial score (nSPS) is 19.5. The zero-order valence-electron chi connectivity index (χ0n) is 17.9. The van der Waals surface area contributed by atoms with Gasteiger partial charge in [0.15, 0.2) is 0 Å². The van der Waals surface area contributed by atoms with Gasteiger partial charge in [0.05, 0.1) is 25.3 Å². The number of fused-ring (bicyclic) bond motifs is 1. The van der Waals surface area contributed by atoms with Crippen molar-refractivity contribution in [2.45, 2.75) is 45.6 Å². The van der Waals surface area contributed by atoms with Crippen LogP contribution in [0.5, 0.6) is 5.88 Å². The molecule has 0 amide bonds. The lowest BCUT2D eigenvalue weighted by Gasteiger charge is -2.35. The third kappa shape index (κ3) is 4.00. The van der Waals surface area contributed by atoms with Crippen LogP contribution in [0.2, 0.25) is 0 Å². The molecule has 2 heterocycles. The number of aromatic nitrogens is 1. The summed E-state index contributed by atoms with van der Waals surface area (Å²) in [6, 6.07) is 8.76. The minimum Gasteiger partial charge on any atom is -0.481 e. The highest BCUT2D eigenvalue weighted by Crippen LogP contribution is 2.44. The van der Waals surface area contributed by atoms with Crippen LogP contribution < -0.4 is 4.74 Å². The number of esters is 1. The summed E-state index contributed by atoms with van der Waals surface area (Å²) >= 11 is 3.63. The molecule has 0 bridgehead atoms. The first-order chi connectivity index (χ1) is 14.5. The first-order valence-electron chi connectivity index (χ1n) is 10.8. The van der Waals surface area contributed by atoms with Crippen molar-refractivity contribution >= 4 is 21.9 Å². The van der Waals surface area contributed by atoms with Crippen molar-refractivity contribution in [1.82, 2.24) is 9.88 Å². The number of pyridine rings is 1. The zero-order valence-corrected chi connectivity index (χ0v) is 19.5. The summed E-state index contributed by atoms with van der Waals surface area (Å²) in [4.78, 5) is 19.5. The second-order valence-electron chi connectivity index (χ2n) is 8.12. The summed E-state index contributed by atoms with van der Waals surface area (Å²) < 4.78 is 12.1. The molecule has 0 radical (unpaired) electrons. The van der Waals surface area contributed by atoms with E-state index in [0.29, 0.717) is 12.6 Å². The minimum atomic E-state index is -0.0442. The van der Waals surface area contributed by atoms with Gasteiger partial charge >= 0.3 is 5.97 Å². The summed E-state index contributed by atoms with van der Waals surface area (Å²) in [7, 11) is 1.71. The highest BCUT2D eigenvalue weighted by molar-refractivity contribution is 9.10. The van der Waals surface area contributed by atoms with Crippen molar-refractivity contribution in [1.29, 1.82) is 0 Å². The lowest BCUT2D eigenvalue weighted by Crippen LogP contribution is -2.38. The summed E-state index contributed by atoms with van der Waals surface area (Å²) in [6.07, 6.45) is 3.81. The van der Waals surface area contributed by atoms with Crippen molar-refractivity contribution in [2.24, 2.45) is 5.92 Å². The van der Waals surface area contributed by atoms with Gasteiger partial charge in [0.2, 0.25) is 5.88 Å². The van der Waals surface area contributed by atoms with Crippen LogP contribution in [0.1, 0.15) is 48.9 Å². The van der Waals surface area contributed by atoms with Gasteiger partial charge in [-0.3, -0.25) is 9.69 Å². The summed E-state index contributed by atoms with van der Waals surface area (Å²) in [6.45, 7) is 6.24. The highest BCUT2D eigenvalue weighted by atomic mass is 79.9. The second kappa shape index (κ2) is 9.06. The topological polar surface area (TPSA) is 51.7 Å². The molecular weight excluding hydrogens is 444 g/mol. The number of likely N-dealkylation sites (tertiary alicyclic amines) is 1. The molecule has 30 heavy (non-hydrogen) atoms. The molecule has 0 N–H and O–H groups in total. The van der Waals surface area contributed by atoms with Crippen LogP contribution in [-0.2, 0) is 16.0 Å². The molecule has 160 valence electrons. The first-order valence-corrected chi connectivity index (χ1v) is 11.6. The van der Waals surface area contributed by atoms with Gasteiger partial charge in [0.1, 0.15) is 0 Å².